The van der Waals surface area contributed by atoms with Gasteiger partial charge in [0, 0.05) is 18.0 Å². The Morgan fingerprint density at radius 2 is 2.19 bits per heavy atom. The number of thiophene rings is 1. The molecule has 0 radical (unpaired) electrons. The van der Waals surface area contributed by atoms with Crippen molar-refractivity contribution in [2.45, 2.75) is 19.4 Å². The molecule has 1 aliphatic heterocycles. The predicted octanol–water partition coefficient (Wildman–Crippen LogP) is 2.06. The Morgan fingerprint density at radius 3 is 2.81 bits per heavy atom. The Kier molecular flexibility index (Phi) is 5.73. The van der Waals surface area contributed by atoms with Crippen LogP contribution in [0.5, 0.6) is 0 Å². The molecule has 1 fully saturated rings. The molecule has 7 nitrogen and oxygen atoms in total. The largest absolute Gasteiger partial charge is 0.451 e. The van der Waals surface area contributed by atoms with E-state index in [0.29, 0.717) is 13.0 Å². The van der Waals surface area contributed by atoms with Crippen LogP contribution >= 0.6 is 22.7 Å². The van der Waals surface area contributed by atoms with Gasteiger partial charge in [-0.3, -0.25) is 4.79 Å². The third kappa shape index (κ3) is 4.30. The maximum Gasteiger partial charge on any atom is 0.358 e. The Balaban J connectivity index is 1.57. The first-order chi connectivity index (χ1) is 12.4. The minimum absolute atomic E-state index is 0.0310. The van der Waals surface area contributed by atoms with Crippen molar-refractivity contribution < 1.29 is 22.7 Å². The number of likely N-dealkylation sites (N-methyl/N-ethyl adjacent to an activating group) is 1. The number of nitrogens with zero attached hydrogens (tertiary/aromatic N) is 2. The van der Waals surface area contributed by atoms with E-state index in [1.54, 1.807) is 12.3 Å². The van der Waals surface area contributed by atoms with Gasteiger partial charge in [-0.2, -0.15) is 0 Å². The van der Waals surface area contributed by atoms with Crippen LogP contribution < -0.4 is 0 Å². The Bertz CT molecular complexity index is 889. The van der Waals surface area contributed by atoms with Crippen LogP contribution in [0, 0.1) is 0 Å². The molecule has 1 aliphatic rings. The lowest BCUT2D eigenvalue weighted by molar-refractivity contribution is -0.136. The highest BCUT2D eigenvalue weighted by atomic mass is 32.2. The first-order valence-electron chi connectivity index (χ1n) is 8.06. The van der Waals surface area contributed by atoms with Gasteiger partial charge in [0.2, 0.25) is 0 Å². The lowest BCUT2D eigenvalue weighted by atomic mass is 10.2. The summed E-state index contributed by atoms with van der Waals surface area (Å²) in [5.74, 6) is -0.994. The van der Waals surface area contributed by atoms with Gasteiger partial charge in [-0.1, -0.05) is 6.07 Å². The summed E-state index contributed by atoms with van der Waals surface area (Å²) >= 11 is 2.86. The van der Waals surface area contributed by atoms with Crippen LogP contribution in [0.15, 0.2) is 22.9 Å². The van der Waals surface area contributed by atoms with Crippen LogP contribution in [-0.4, -0.2) is 60.9 Å². The fourth-order valence-electron chi connectivity index (χ4n) is 2.82. The molecule has 1 amide bonds. The third-order valence-corrected chi connectivity index (χ3v) is 7.71. The number of ether oxygens (including phenoxy) is 1. The molecule has 2 aromatic rings. The highest BCUT2D eigenvalue weighted by molar-refractivity contribution is 7.91. The summed E-state index contributed by atoms with van der Waals surface area (Å²) in [5.41, 5.74) is 0.165. The fourth-order valence-corrected chi connectivity index (χ4v) is 6.16. The van der Waals surface area contributed by atoms with Gasteiger partial charge < -0.3 is 9.64 Å². The van der Waals surface area contributed by atoms with Gasteiger partial charge >= 0.3 is 5.97 Å². The van der Waals surface area contributed by atoms with E-state index in [4.69, 9.17) is 4.74 Å². The summed E-state index contributed by atoms with van der Waals surface area (Å²) in [5, 5.41) is 4.25. The molecule has 0 aromatic carbocycles. The second-order valence-electron chi connectivity index (χ2n) is 5.83. The molecule has 0 N–H and O–H groups in total. The van der Waals surface area contributed by atoms with E-state index in [9.17, 15) is 18.0 Å². The van der Waals surface area contributed by atoms with Crippen molar-refractivity contribution in [1.29, 1.82) is 0 Å². The Morgan fingerprint density at radius 1 is 1.38 bits per heavy atom. The maximum atomic E-state index is 12.3. The molecule has 2 aromatic heterocycles. The van der Waals surface area contributed by atoms with E-state index in [-0.39, 0.29) is 23.2 Å². The summed E-state index contributed by atoms with van der Waals surface area (Å²) in [7, 11) is -3.09. The number of hydrogen-bond donors (Lipinski definition) is 0. The number of aromatic nitrogens is 1. The molecular formula is C16H18N2O5S3. The normalized spacial score (nSPS) is 18.6. The molecule has 0 saturated carbocycles. The molecule has 0 aliphatic carbocycles. The number of rotatable bonds is 6. The Labute approximate surface area is 159 Å². The maximum absolute atomic E-state index is 12.3. The average molecular weight is 415 g/mol. The zero-order chi connectivity index (χ0) is 18.7. The minimum atomic E-state index is -3.09. The summed E-state index contributed by atoms with van der Waals surface area (Å²) in [6.45, 7) is 1.73. The predicted molar refractivity (Wildman–Crippen MR) is 100 cm³/mol. The number of sulfone groups is 1. The molecule has 1 saturated heterocycles. The smallest absolute Gasteiger partial charge is 0.358 e. The van der Waals surface area contributed by atoms with Crippen molar-refractivity contribution in [2.75, 3.05) is 24.7 Å². The van der Waals surface area contributed by atoms with E-state index in [1.165, 1.54) is 27.6 Å². The van der Waals surface area contributed by atoms with Crippen molar-refractivity contribution in [3.63, 3.8) is 0 Å². The second-order valence-corrected chi connectivity index (χ2v) is 9.86. The quantitative estimate of drug-likeness (QED) is 0.672. The SMILES string of the molecule is CCN(C(=O)COC(=O)c1csc(-c2cccs2)n1)[C@H]1CCS(=O)(=O)C1. The van der Waals surface area contributed by atoms with Gasteiger partial charge in [0.05, 0.1) is 16.4 Å². The molecule has 26 heavy (non-hydrogen) atoms. The topological polar surface area (TPSA) is 93.6 Å². The molecular weight excluding hydrogens is 396 g/mol. The molecule has 140 valence electrons. The molecule has 3 heterocycles. The summed E-state index contributed by atoms with van der Waals surface area (Å²) < 4.78 is 28.3. The minimum Gasteiger partial charge on any atom is -0.451 e. The number of carbonyl (C=O) groups is 2. The van der Waals surface area contributed by atoms with Gasteiger partial charge in [0.25, 0.3) is 5.91 Å². The van der Waals surface area contributed by atoms with Crippen LogP contribution in [-0.2, 0) is 19.4 Å². The van der Waals surface area contributed by atoms with Crippen molar-refractivity contribution in [3.8, 4) is 9.88 Å². The van der Waals surface area contributed by atoms with Crippen molar-refractivity contribution in [2.24, 2.45) is 0 Å². The molecule has 10 heteroatoms. The first kappa shape index (κ1) is 19.0. The summed E-state index contributed by atoms with van der Waals surface area (Å²) in [6.07, 6.45) is 0.423. The Hall–Kier alpha value is -1.78. The summed E-state index contributed by atoms with van der Waals surface area (Å²) in [4.78, 5) is 31.1. The van der Waals surface area contributed by atoms with Crippen LogP contribution in [0.4, 0.5) is 0 Å². The highest BCUT2D eigenvalue weighted by Crippen LogP contribution is 2.28. The number of thiazole rings is 1. The van der Waals surface area contributed by atoms with Crippen molar-refractivity contribution in [1.82, 2.24) is 9.88 Å². The average Bonchev–Trinajstić information content (AvgIpc) is 3.33. The van der Waals surface area contributed by atoms with Crippen LogP contribution in [0.2, 0.25) is 0 Å². The van der Waals surface area contributed by atoms with E-state index in [1.807, 2.05) is 17.5 Å². The van der Waals surface area contributed by atoms with E-state index >= 15 is 0 Å². The van der Waals surface area contributed by atoms with E-state index in [2.05, 4.69) is 4.98 Å². The molecule has 1 atom stereocenters. The van der Waals surface area contributed by atoms with Crippen LogP contribution in [0.3, 0.4) is 0 Å². The monoisotopic (exact) mass is 414 g/mol. The van der Waals surface area contributed by atoms with Crippen LogP contribution in [0.1, 0.15) is 23.8 Å². The number of hydrogen-bond acceptors (Lipinski definition) is 8. The fraction of sp³-hybridized carbons (Fsp3) is 0.438. The third-order valence-electron chi connectivity index (χ3n) is 4.08. The second kappa shape index (κ2) is 7.85. The van der Waals surface area contributed by atoms with Gasteiger partial charge in [-0.05, 0) is 24.8 Å². The standard InChI is InChI=1S/C16H18N2O5S3/c1-2-18(11-5-7-26(21,22)10-11)14(19)8-23-16(20)12-9-25-15(17-12)13-4-3-6-24-13/h3-4,6,9,11H,2,5,7-8,10H2,1H3/t11-/m0/s1. The van der Waals surface area contributed by atoms with Crippen molar-refractivity contribution in [3.05, 3.63) is 28.6 Å². The van der Waals surface area contributed by atoms with Gasteiger partial charge in [-0.15, -0.1) is 22.7 Å². The zero-order valence-electron chi connectivity index (χ0n) is 14.1. The zero-order valence-corrected chi connectivity index (χ0v) is 16.5. The molecule has 0 bridgehead atoms. The van der Waals surface area contributed by atoms with Crippen molar-refractivity contribution >= 4 is 44.4 Å². The van der Waals surface area contributed by atoms with E-state index < -0.39 is 28.3 Å². The van der Waals surface area contributed by atoms with Crippen LogP contribution in [0.25, 0.3) is 9.88 Å². The van der Waals surface area contributed by atoms with Gasteiger partial charge in [0.1, 0.15) is 5.01 Å². The molecule has 0 unspecified atom stereocenters. The summed E-state index contributed by atoms with van der Waals surface area (Å²) in [6, 6.07) is 3.47. The first-order valence-corrected chi connectivity index (χ1v) is 11.6. The van der Waals surface area contributed by atoms with E-state index in [0.717, 1.165) is 9.88 Å². The number of esters is 1. The lowest BCUT2D eigenvalue weighted by Gasteiger charge is -2.26. The number of amides is 1. The van der Waals surface area contributed by atoms with Gasteiger partial charge in [0.15, 0.2) is 22.1 Å². The highest BCUT2D eigenvalue weighted by Gasteiger charge is 2.34. The molecule has 0 spiro atoms. The lowest BCUT2D eigenvalue weighted by Crippen LogP contribution is -2.43. The number of carbonyl (C=O) groups excluding carboxylic acids is 2. The van der Waals surface area contributed by atoms with Gasteiger partial charge in [-0.25, -0.2) is 18.2 Å². The molecule has 3 rings (SSSR count).